The molecule has 0 radical (unpaired) electrons. The van der Waals surface area contributed by atoms with Crippen molar-refractivity contribution < 1.29 is 4.79 Å². The summed E-state index contributed by atoms with van der Waals surface area (Å²) in [4.78, 5) is 34.1. The number of thioether (sulfide) groups is 1. The Morgan fingerprint density at radius 2 is 2.10 bits per heavy atom. The Kier molecular flexibility index (Phi) is 5.53. The lowest BCUT2D eigenvalue weighted by molar-refractivity contribution is -0.129. The number of fused-ring (bicyclic) bond motifs is 2. The monoisotopic (exact) mass is 427 g/mol. The SMILES string of the molecule is Cc1sc2nc(SCC(=O)N(C)C3CCCc4ccccc43)n(C)c(=O)c2c1C. The maximum Gasteiger partial charge on any atom is 0.262 e. The largest absolute Gasteiger partial charge is 0.338 e. The molecule has 1 aliphatic carbocycles. The molecule has 0 saturated heterocycles. The standard InChI is InChI=1S/C22H25N3O2S2/c1-13-14(2)29-20-19(13)21(27)25(4)22(23-20)28-12-18(26)24(3)17-11-7-9-15-8-5-6-10-16(15)17/h5-6,8,10,17H,7,9,11-12H2,1-4H3. The summed E-state index contributed by atoms with van der Waals surface area (Å²) >= 11 is 2.88. The topological polar surface area (TPSA) is 55.2 Å². The molecule has 29 heavy (non-hydrogen) atoms. The molecule has 0 spiro atoms. The second-order valence-corrected chi connectivity index (χ2v) is 9.77. The highest BCUT2D eigenvalue weighted by molar-refractivity contribution is 7.99. The second-order valence-electron chi connectivity index (χ2n) is 7.62. The zero-order chi connectivity index (χ0) is 20.7. The van der Waals surface area contributed by atoms with E-state index in [0.29, 0.717) is 10.5 Å². The maximum absolute atomic E-state index is 12.9. The minimum Gasteiger partial charge on any atom is -0.338 e. The van der Waals surface area contributed by atoms with Crippen LogP contribution < -0.4 is 5.56 Å². The summed E-state index contributed by atoms with van der Waals surface area (Å²) in [5.74, 6) is 0.328. The Balaban J connectivity index is 1.53. The first kappa shape index (κ1) is 20.2. The molecule has 0 aliphatic heterocycles. The number of amides is 1. The van der Waals surface area contributed by atoms with Gasteiger partial charge in [0.05, 0.1) is 17.2 Å². The molecule has 1 amide bonds. The molecule has 152 valence electrons. The average Bonchev–Trinajstić information content (AvgIpc) is 3.02. The van der Waals surface area contributed by atoms with Gasteiger partial charge in [0, 0.05) is 19.0 Å². The lowest BCUT2D eigenvalue weighted by Gasteiger charge is -2.33. The molecule has 0 bridgehead atoms. The number of carbonyl (C=O) groups excluding carboxylic acids is 1. The predicted octanol–water partition coefficient (Wildman–Crippen LogP) is 4.24. The number of thiophene rings is 1. The van der Waals surface area contributed by atoms with Crippen molar-refractivity contribution in [3.05, 3.63) is 56.2 Å². The molecular formula is C22H25N3O2S2. The van der Waals surface area contributed by atoms with E-state index in [9.17, 15) is 9.59 Å². The number of hydrogen-bond donors (Lipinski definition) is 0. The third kappa shape index (κ3) is 3.62. The molecule has 1 atom stereocenters. The molecule has 0 N–H and O–H groups in total. The van der Waals surface area contributed by atoms with Crippen LogP contribution in [0.1, 0.15) is 40.5 Å². The number of carbonyl (C=O) groups is 1. The van der Waals surface area contributed by atoms with Crippen LogP contribution in [-0.4, -0.2) is 33.2 Å². The molecule has 3 aromatic rings. The summed E-state index contributed by atoms with van der Waals surface area (Å²) in [5, 5.41) is 1.29. The lowest BCUT2D eigenvalue weighted by atomic mass is 9.87. The molecule has 4 rings (SSSR count). The number of nitrogens with zero attached hydrogens (tertiary/aromatic N) is 3. The Morgan fingerprint density at radius 3 is 2.90 bits per heavy atom. The highest BCUT2D eigenvalue weighted by Gasteiger charge is 2.26. The summed E-state index contributed by atoms with van der Waals surface area (Å²) in [7, 11) is 3.62. The Morgan fingerprint density at radius 1 is 1.34 bits per heavy atom. The van der Waals surface area contributed by atoms with E-state index < -0.39 is 0 Å². The zero-order valence-electron chi connectivity index (χ0n) is 17.2. The molecule has 1 aromatic carbocycles. The fraction of sp³-hybridized carbons (Fsp3) is 0.409. The van der Waals surface area contributed by atoms with Crippen molar-refractivity contribution in [1.29, 1.82) is 0 Å². The smallest absolute Gasteiger partial charge is 0.262 e. The molecular weight excluding hydrogens is 402 g/mol. The molecule has 2 aromatic heterocycles. The molecule has 2 heterocycles. The molecule has 1 aliphatic rings. The van der Waals surface area contributed by atoms with Gasteiger partial charge >= 0.3 is 0 Å². The number of aryl methyl sites for hydroxylation is 3. The van der Waals surface area contributed by atoms with Crippen LogP contribution in [-0.2, 0) is 18.3 Å². The quantitative estimate of drug-likeness (QED) is 0.462. The summed E-state index contributed by atoms with van der Waals surface area (Å²) in [5.41, 5.74) is 3.56. The van der Waals surface area contributed by atoms with Crippen molar-refractivity contribution in [3.63, 3.8) is 0 Å². The molecule has 1 unspecified atom stereocenters. The van der Waals surface area contributed by atoms with Crippen molar-refractivity contribution in [3.8, 4) is 0 Å². The van der Waals surface area contributed by atoms with E-state index in [0.717, 1.165) is 34.5 Å². The summed E-state index contributed by atoms with van der Waals surface area (Å²) < 4.78 is 1.56. The highest BCUT2D eigenvalue weighted by Crippen LogP contribution is 2.34. The predicted molar refractivity (Wildman–Crippen MR) is 120 cm³/mol. The first-order valence-corrected chi connectivity index (χ1v) is 11.6. The van der Waals surface area contributed by atoms with Crippen LogP contribution in [0.3, 0.4) is 0 Å². The van der Waals surface area contributed by atoms with E-state index in [1.807, 2.05) is 31.9 Å². The average molecular weight is 428 g/mol. The van der Waals surface area contributed by atoms with Crippen LogP contribution in [0, 0.1) is 13.8 Å². The van der Waals surface area contributed by atoms with Crippen LogP contribution in [0.4, 0.5) is 0 Å². The Hall–Kier alpha value is -2.12. The molecule has 5 nitrogen and oxygen atoms in total. The first-order chi connectivity index (χ1) is 13.9. The van der Waals surface area contributed by atoms with Gasteiger partial charge in [-0.15, -0.1) is 11.3 Å². The van der Waals surface area contributed by atoms with Gasteiger partial charge in [0.15, 0.2) is 5.16 Å². The number of rotatable bonds is 4. The van der Waals surface area contributed by atoms with Crippen molar-refractivity contribution in [1.82, 2.24) is 14.5 Å². The minimum absolute atomic E-state index is 0.0404. The minimum atomic E-state index is -0.0404. The number of benzene rings is 1. The van der Waals surface area contributed by atoms with Crippen LogP contribution in [0.2, 0.25) is 0 Å². The summed E-state index contributed by atoms with van der Waals surface area (Å²) in [6, 6.07) is 8.53. The van der Waals surface area contributed by atoms with Gasteiger partial charge in [0.2, 0.25) is 5.91 Å². The summed E-state index contributed by atoms with van der Waals surface area (Å²) in [6.07, 6.45) is 3.16. The van der Waals surface area contributed by atoms with Crippen LogP contribution in [0.25, 0.3) is 10.2 Å². The van der Waals surface area contributed by atoms with Crippen LogP contribution in [0.5, 0.6) is 0 Å². The van der Waals surface area contributed by atoms with E-state index in [4.69, 9.17) is 0 Å². The van der Waals surface area contributed by atoms with Gasteiger partial charge in [0.25, 0.3) is 5.56 Å². The van der Waals surface area contributed by atoms with Crippen molar-refractivity contribution in [2.24, 2.45) is 7.05 Å². The number of hydrogen-bond acceptors (Lipinski definition) is 5. The zero-order valence-corrected chi connectivity index (χ0v) is 18.8. The van der Waals surface area contributed by atoms with Crippen molar-refractivity contribution in [2.45, 2.75) is 44.3 Å². The normalized spacial score (nSPS) is 16.1. The van der Waals surface area contributed by atoms with Crippen molar-refractivity contribution >= 4 is 39.2 Å². The fourth-order valence-corrected chi connectivity index (χ4v) is 5.98. The van der Waals surface area contributed by atoms with Crippen LogP contribution in [0.15, 0.2) is 34.2 Å². The lowest BCUT2D eigenvalue weighted by Crippen LogP contribution is -2.34. The van der Waals surface area contributed by atoms with E-state index >= 15 is 0 Å². The van der Waals surface area contributed by atoms with Gasteiger partial charge in [-0.2, -0.15) is 0 Å². The van der Waals surface area contributed by atoms with E-state index in [1.54, 1.807) is 11.6 Å². The van der Waals surface area contributed by atoms with Gasteiger partial charge < -0.3 is 4.90 Å². The maximum atomic E-state index is 12.9. The van der Waals surface area contributed by atoms with Gasteiger partial charge in [-0.05, 0) is 49.8 Å². The second kappa shape index (κ2) is 7.95. The van der Waals surface area contributed by atoms with E-state index in [2.05, 4.69) is 23.2 Å². The van der Waals surface area contributed by atoms with Crippen molar-refractivity contribution in [2.75, 3.05) is 12.8 Å². The summed E-state index contributed by atoms with van der Waals surface area (Å²) in [6.45, 7) is 3.97. The van der Waals surface area contributed by atoms with E-state index in [-0.39, 0.29) is 23.3 Å². The highest BCUT2D eigenvalue weighted by atomic mass is 32.2. The van der Waals surface area contributed by atoms with Gasteiger partial charge in [-0.25, -0.2) is 4.98 Å². The molecule has 7 heteroatoms. The first-order valence-electron chi connectivity index (χ1n) is 9.81. The van der Waals surface area contributed by atoms with Gasteiger partial charge in [-0.3, -0.25) is 14.2 Å². The molecule has 0 fully saturated rings. The third-order valence-electron chi connectivity index (χ3n) is 5.89. The van der Waals surface area contributed by atoms with E-state index in [1.165, 1.54) is 34.2 Å². The molecule has 0 saturated carbocycles. The van der Waals surface area contributed by atoms with Crippen LogP contribution >= 0.6 is 23.1 Å². The fourth-order valence-electron chi connectivity index (χ4n) is 4.02. The van der Waals surface area contributed by atoms with Gasteiger partial charge in [0.1, 0.15) is 4.83 Å². The van der Waals surface area contributed by atoms with Gasteiger partial charge in [-0.1, -0.05) is 36.0 Å². The Bertz CT molecular complexity index is 1150. The number of aromatic nitrogens is 2. The Labute approximate surface area is 178 Å². The third-order valence-corrected chi connectivity index (χ3v) is 8.01.